The molecule has 24 heavy (non-hydrogen) atoms. The number of benzene rings is 1. The van der Waals surface area contributed by atoms with E-state index in [4.69, 9.17) is 4.74 Å². The van der Waals surface area contributed by atoms with Gasteiger partial charge in [-0.2, -0.15) is 4.91 Å². The molecule has 2 heterocycles. The lowest BCUT2D eigenvalue weighted by atomic mass is 10.1. The molecule has 0 amide bonds. The number of nitrogens with one attached hydrogen (secondary N) is 1. The number of rotatable bonds is 5. The number of hydrogen-bond acceptors (Lipinski definition) is 5. The van der Waals surface area contributed by atoms with Crippen LogP contribution in [0.15, 0.2) is 35.8 Å². The first-order valence-corrected chi connectivity index (χ1v) is 8.56. The Kier molecular flexibility index (Phi) is 4.53. The molecule has 124 valence electrons. The summed E-state index contributed by atoms with van der Waals surface area (Å²) in [4.78, 5) is 23.0. The predicted octanol–water partition coefficient (Wildman–Crippen LogP) is 4.46. The van der Waals surface area contributed by atoms with Gasteiger partial charge in [-0.25, -0.2) is 9.97 Å². The molecular formula is C17H17IN4O2. The molecule has 0 aliphatic carbocycles. The SMILES string of the molecule is Cc1nc(-c2c[nH]c3c(I)cccc23)cnc1OCC(C)(C)N=O. The molecule has 1 aromatic carbocycles. The smallest absolute Gasteiger partial charge is 0.235 e. The third kappa shape index (κ3) is 3.26. The van der Waals surface area contributed by atoms with Gasteiger partial charge in [-0.1, -0.05) is 17.3 Å². The number of H-pyrrole nitrogens is 1. The van der Waals surface area contributed by atoms with Crippen molar-refractivity contribution in [3.05, 3.63) is 44.8 Å². The number of aryl methyl sites for hydroxylation is 1. The van der Waals surface area contributed by atoms with Crippen LogP contribution in [-0.2, 0) is 0 Å². The minimum Gasteiger partial charge on any atom is -0.474 e. The van der Waals surface area contributed by atoms with Crippen molar-refractivity contribution in [3.63, 3.8) is 0 Å². The molecule has 0 bridgehead atoms. The van der Waals surface area contributed by atoms with Crippen molar-refractivity contribution in [2.75, 3.05) is 6.61 Å². The number of nitrogens with zero attached hydrogens (tertiary/aromatic N) is 3. The molecular weight excluding hydrogens is 419 g/mol. The molecule has 2 aromatic heterocycles. The van der Waals surface area contributed by atoms with Crippen LogP contribution in [-0.4, -0.2) is 27.1 Å². The summed E-state index contributed by atoms with van der Waals surface area (Å²) in [6.07, 6.45) is 3.63. The van der Waals surface area contributed by atoms with Gasteiger partial charge < -0.3 is 9.72 Å². The van der Waals surface area contributed by atoms with Crippen LogP contribution in [0.1, 0.15) is 19.5 Å². The maximum atomic E-state index is 10.7. The number of nitroso groups, excluding NO2 is 1. The van der Waals surface area contributed by atoms with Crippen LogP contribution in [0.2, 0.25) is 0 Å². The van der Waals surface area contributed by atoms with Crippen molar-refractivity contribution in [3.8, 4) is 17.1 Å². The molecule has 0 aliphatic rings. The molecule has 0 aliphatic heterocycles. The summed E-state index contributed by atoms with van der Waals surface area (Å²) in [5, 5.41) is 4.14. The summed E-state index contributed by atoms with van der Waals surface area (Å²) in [6, 6.07) is 6.14. The first kappa shape index (κ1) is 16.8. The second-order valence-corrected chi connectivity index (χ2v) is 7.37. The Labute approximate surface area is 153 Å². The molecule has 1 N–H and O–H groups in total. The number of aromatic amines is 1. The topological polar surface area (TPSA) is 80.2 Å². The molecule has 0 unspecified atom stereocenters. The van der Waals surface area contributed by atoms with Crippen LogP contribution in [0.25, 0.3) is 22.2 Å². The third-order valence-corrected chi connectivity index (χ3v) is 4.55. The summed E-state index contributed by atoms with van der Waals surface area (Å²) in [5.74, 6) is 0.421. The molecule has 0 radical (unpaired) electrons. The van der Waals surface area contributed by atoms with Gasteiger partial charge in [0.05, 0.1) is 17.4 Å². The van der Waals surface area contributed by atoms with Gasteiger partial charge in [-0.05, 0) is 49.4 Å². The maximum absolute atomic E-state index is 10.7. The lowest BCUT2D eigenvalue weighted by Gasteiger charge is -2.16. The maximum Gasteiger partial charge on any atom is 0.235 e. The highest BCUT2D eigenvalue weighted by Gasteiger charge is 2.20. The molecule has 3 rings (SSSR count). The Morgan fingerprint density at radius 1 is 1.38 bits per heavy atom. The van der Waals surface area contributed by atoms with Gasteiger partial charge in [0.25, 0.3) is 0 Å². The van der Waals surface area contributed by atoms with Crippen molar-refractivity contribution in [1.29, 1.82) is 0 Å². The van der Waals surface area contributed by atoms with Crippen molar-refractivity contribution in [1.82, 2.24) is 15.0 Å². The first-order chi connectivity index (χ1) is 11.4. The van der Waals surface area contributed by atoms with Gasteiger partial charge in [0.1, 0.15) is 17.8 Å². The Hall–Kier alpha value is -2.03. The molecule has 0 saturated heterocycles. The number of para-hydroxylation sites is 1. The quantitative estimate of drug-likeness (QED) is 0.473. The minimum absolute atomic E-state index is 0.163. The Morgan fingerprint density at radius 3 is 2.88 bits per heavy atom. The van der Waals surface area contributed by atoms with Crippen molar-refractivity contribution >= 4 is 33.5 Å². The molecule has 7 heteroatoms. The van der Waals surface area contributed by atoms with Crippen LogP contribution in [0.3, 0.4) is 0 Å². The zero-order valence-electron chi connectivity index (χ0n) is 13.6. The van der Waals surface area contributed by atoms with E-state index in [-0.39, 0.29) is 6.61 Å². The van der Waals surface area contributed by atoms with Crippen LogP contribution in [0.4, 0.5) is 0 Å². The van der Waals surface area contributed by atoms with E-state index in [9.17, 15) is 4.91 Å². The van der Waals surface area contributed by atoms with E-state index in [1.165, 1.54) is 0 Å². The lowest BCUT2D eigenvalue weighted by Crippen LogP contribution is -2.26. The lowest BCUT2D eigenvalue weighted by molar-refractivity contribution is 0.233. The van der Waals surface area contributed by atoms with Gasteiger partial charge in [-0.3, -0.25) is 0 Å². The highest BCUT2D eigenvalue weighted by atomic mass is 127. The predicted molar refractivity (Wildman–Crippen MR) is 102 cm³/mol. The van der Waals surface area contributed by atoms with Crippen molar-refractivity contribution < 1.29 is 4.74 Å². The number of fused-ring (bicyclic) bond motifs is 1. The van der Waals surface area contributed by atoms with E-state index in [1.54, 1.807) is 20.0 Å². The molecule has 0 fully saturated rings. The zero-order chi connectivity index (χ0) is 17.3. The summed E-state index contributed by atoms with van der Waals surface area (Å²) in [5.41, 5.74) is 2.75. The monoisotopic (exact) mass is 436 g/mol. The normalized spacial score (nSPS) is 11.7. The molecule has 0 saturated carbocycles. The molecule has 0 spiro atoms. The second-order valence-electron chi connectivity index (χ2n) is 6.20. The Bertz CT molecular complexity index is 905. The average molecular weight is 436 g/mol. The highest BCUT2D eigenvalue weighted by molar-refractivity contribution is 14.1. The largest absolute Gasteiger partial charge is 0.474 e. The van der Waals surface area contributed by atoms with E-state index >= 15 is 0 Å². The fourth-order valence-corrected chi connectivity index (χ4v) is 3.00. The van der Waals surface area contributed by atoms with E-state index < -0.39 is 5.54 Å². The van der Waals surface area contributed by atoms with E-state index in [1.807, 2.05) is 19.2 Å². The number of hydrogen-bond donors (Lipinski definition) is 1. The number of halogens is 1. The minimum atomic E-state index is -0.791. The number of ether oxygens (including phenoxy) is 1. The van der Waals surface area contributed by atoms with Gasteiger partial charge in [0.15, 0.2) is 0 Å². The summed E-state index contributed by atoms with van der Waals surface area (Å²) < 4.78 is 6.75. The second kappa shape index (κ2) is 6.46. The van der Waals surface area contributed by atoms with E-state index in [0.29, 0.717) is 11.6 Å². The van der Waals surface area contributed by atoms with Gasteiger partial charge in [-0.15, -0.1) is 0 Å². The number of aromatic nitrogens is 3. The van der Waals surface area contributed by atoms with Gasteiger partial charge in [0.2, 0.25) is 5.88 Å². The van der Waals surface area contributed by atoms with Crippen molar-refractivity contribution in [2.24, 2.45) is 5.18 Å². The summed E-state index contributed by atoms with van der Waals surface area (Å²) in [6.45, 7) is 5.43. The van der Waals surface area contributed by atoms with E-state index in [2.05, 4.69) is 54.9 Å². The fourth-order valence-electron chi connectivity index (χ4n) is 2.34. The van der Waals surface area contributed by atoms with Crippen LogP contribution in [0.5, 0.6) is 5.88 Å². The van der Waals surface area contributed by atoms with Crippen LogP contribution >= 0.6 is 22.6 Å². The van der Waals surface area contributed by atoms with Crippen LogP contribution < -0.4 is 4.74 Å². The fraction of sp³-hybridized carbons (Fsp3) is 0.294. The summed E-state index contributed by atoms with van der Waals surface area (Å²) in [7, 11) is 0. The first-order valence-electron chi connectivity index (χ1n) is 7.48. The molecule has 0 atom stereocenters. The molecule has 6 nitrogen and oxygen atoms in total. The van der Waals surface area contributed by atoms with E-state index in [0.717, 1.165) is 25.7 Å². The standard InChI is InChI=1S/C17H17IN4O2/c1-10-16(24-9-17(2,3)22-23)20-8-14(21-10)12-7-19-15-11(12)5-4-6-13(15)18/h4-8,19H,9H2,1-3H3. The third-order valence-electron chi connectivity index (χ3n) is 3.65. The van der Waals surface area contributed by atoms with Gasteiger partial charge in [0, 0.05) is 20.7 Å². The van der Waals surface area contributed by atoms with Gasteiger partial charge >= 0.3 is 0 Å². The average Bonchev–Trinajstić information content (AvgIpc) is 2.99. The van der Waals surface area contributed by atoms with Crippen LogP contribution in [0, 0.1) is 15.4 Å². The molecule has 3 aromatic rings. The summed E-state index contributed by atoms with van der Waals surface area (Å²) >= 11 is 2.30. The Balaban J connectivity index is 1.92. The zero-order valence-corrected chi connectivity index (χ0v) is 15.8. The van der Waals surface area contributed by atoms with Crippen molar-refractivity contribution in [2.45, 2.75) is 26.3 Å². The Morgan fingerprint density at radius 2 is 2.17 bits per heavy atom. The highest BCUT2D eigenvalue weighted by Crippen LogP contribution is 2.30.